The molecule has 1 aliphatic rings. The molecule has 2 N–H and O–H groups in total. The van der Waals surface area contributed by atoms with Gasteiger partial charge in [-0.05, 0) is 38.4 Å². The van der Waals surface area contributed by atoms with Gasteiger partial charge in [-0.3, -0.25) is 4.79 Å². The number of piperidine rings is 1. The molecule has 0 aliphatic carbocycles. The van der Waals surface area contributed by atoms with Crippen LogP contribution in [0.1, 0.15) is 17.7 Å². The highest BCUT2D eigenvalue weighted by Crippen LogP contribution is 2.17. The molecule has 0 bridgehead atoms. The van der Waals surface area contributed by atoms with Gasteiger partial charge in [-0.25, -0.2) is 4.79 Å². The molecule has 0 saturated carbocycles. The second-order valence-corrected chi connectivity index (χ2v) is 7.15. The fraction of sp³-hybridized carbons (Fsp3) is 0.625. The number of carbonyl (C=O) groups excluding carboxylic acids is 2. The number of likely N-dealkylation sites (N-methyl/N-ethyl adjacent to an activating group) is 1. The monoisotopic (exact) mass is 338 g/mol. The number of rotatable bonds is 6. The molecule has 23 heavy (non-hydrogen) atoms. The number of nitrogens with one attached hydrogen (secondary N) is 2. The van der Waals surface area contributed by atoms with E-state index >= 15 is 0 Å². The standard InChI is InChI=1S/C16H26N4O2S/c1-19(2)9-7-17-15(21)13-5-3-8-20(12-13)16(22)18-11-14-6-4-10-23-14/h4,6,10,13H,3,5,7-9,11-12H2,1-2H3,(H,17,21)(H,18,22). The Kier molecular flexibility index (Phi) is 6.85. The predicted octanol–water partition coefficient (Wildman–Crippen LogP) is 1.35. The van der Waals surface area contributed by atoms with E-state index < -0.39 is 0 Å². The third-order valence-electron chi connectivity index (χ3n) is 3.93. The van der Waals surface area contributed by atoms with E-state index in [0.29, 0.717) is 19.6 Å². The van der Waals surface area contributed by atoms with Crippen LogP contribution in [0.2, 0.25) is 0 Å². The van der Waals surface area contributed by atoms with Gasteiger partial charge in [0.05, 0.1) is 12.5 Å². The Labute approximate surface area is 141 Å². The Balaban J connectivity index is 1.75. The minimum atomic E-state index is -0.0987. The lowest BCUT2D eigenvalue weighted by molar-refractivity contribution is -0.126. The van der Waals surface area contributed by atoms with Gasteiger partial charge in [0, 0.05) is 31.1 Å². The van der Waals surface area contributed by atoms with E-state index in [1.165, 1.54) is 0 Å². The SMILES string of the molecule is CN(C)CCNC(=O)C1CCCN(C(=O)NCc2cccs2)C1. The molecule has 1 atom stereocenters. The highest BCUT2D eigenvalue weighted by Gasteiger charge is 2.28. The van der Waals surface area contributed by atoms with Crippen LogP contribution in [-0.4, -0.2) is 62.0 Å². The maximum Gasteiger partial charge on any atom is 0.317 e. The first-order chi connectivity index (χ1) is 11.1. The molecule has 2 rings (SSSR count). The third-order valence-corrected chi connectivity index (χ3v) is 4.81. The fourth-order valence-corrected chi connectivity index (χ4v) is 3.25. The summed E-state index contributed by atoms with van der Waals surface area (Å²) in [6, 6.07) is 3.90. The summed E-state index contributed by atoms with van der Waals surface area (Å²) >= 11 is 1.63. The molecule has 1 fully saturated rings. The van der Waals surface area contributed by atoms with Crippen molar-refractivity contribution in [2.75, 3.05) is 40.3 Å². The molecule has 1 saturated heterocycles. The molecule has 3 amide bonds. The molecule has 0 radical (unpaired) electrons. The third kappa shape index (κ3) is 5.84. The summed E-state index contributed by atoms with van der Waals surface area (Å²) in [5, 5.41) is 7.89. The van der Waals surface area contributed by atoms with Gasteiger partial charge in [-0.15, -0.1) is 11.3 Å². The van der Waals surface area contributed by atoms with Crippen LogP contribution in [0.5, 0.6) is 0 Å². The van der Waals surface area contributed by atoms with Crippen molar-refractivity contribution in [1.29, 1.82) is 0 Å². The molecule has 6 nitrogen and oxygen atoms in total. The van der Waals surface area contributed by atoms with E-state index in [4.69, 9.17) is 0 Å². The number of amides is 3. The summed E-state index contributed by atoms with van der Waals surface area (Å²) in [6.07, 6.45) is 1.72. The number of nitrogens with zero attached hydrogens (tertiary/aromatic N) is 2. The lowest BCUT2D eigenvalue weighted by atomic mass is 9.97. The number of thiophene rings is 1. The van der Waals surface area contributed by atoms with Crippen molar-refractivity contribution in [3.8, 4) is 0 Å². The van der Waals surface area contributed by atoms with Crippen molar-refractivity contribution in [1.82, 2.24) is 20.4 Å². The van der Waals surface area contributed by atoms with Crippen LogP contribution in [0.25, 0.3) is 0 Å². The highest BCUT2D eigenvalue weighted by atomic mass is 32.1. The van der Waals surface area contributed by atoms with Crippen molar-refractivity contribution in [2.45, 2.75) is 19.4 Å². The molecule has 1 aromatic heterocycles. The Hall–Kier alpha value is -1.60. The number of likely N-dealkylation sites (tertiary alicyclic amines) is 1. The molecule has 0 spiro atoms. The summed E-state index contributed by atoms with van der Waals surface area (Å²) in [5.74, 6) is -0.0407. The van der Waals surface area contributed by atoms with Crippen LogP contribution in [0.4, 0.5) is 4.79 Å². The Morgan fingerprint density at radius 2 is 2.22 bits per heavy atom. The minimum absolute atomic E-state index is 0.0580. The fourth-order valence-electron chi connectivity index (χ4n) is 2.61. The zero-order valence-corrected chi connectivity index (χ0v) is 14.7. The molecule has 2 heterocycles. The number of carbonyl (C=O) groups is 2. The number of hydrogen-bond donors (Lipinski definition) is 2. The quantitative estimate of drug-likeness (QED) is 0.823. The summed E-state index contributed by atoms with van der Waals surface area (Å²) in [7, 11) is 3.96. The lowest BCUT2D eigenvalue weighted by Crippen LogP contribution is -2.49. The Morgan fingerprint density at radius 1 is 1.39 bits per heavy atom. The first kappa shape index (κ1) is 17.7. The number of hydrogen-bond acceptors (Lipinski definition) is 4. The maximum absolute atomic E-state index is 12.2. The zero-order chi connectivity index (χ0) is 16.7. The molecule has 1 aromatic rings. The van der Waals surface area contributed by atoms with Gasteiger partial charge in [0.25, 0.3) is 0 Å². The summed E-state index contributed by atoms with van der Waals surface area (Å²) in [4.78, 5) is 29.4. The van der Waals surface area contributed by atoms with Crippen molar-refractivity contribution >= 4 is 23.3 Å². The Morgan fingerprint density at radius 3 is 2.91 bits per heavy atom. The van der Waals surface area contributed by atoms with Gasteiger partial charge in [0.1, 0.15) is 0 Å². The maximum atomic E-state index is 12.2. The molecule has 1 aliphatic heterocycles. The zero-order valence-electron chi connectivity index (χ0n) is 13.9. The van der Waals surface area contributed by atoms with Crippen LogP contribution in [0.15, 0.2) is 17.5 Å². The van der Waals surface area contributed by atoms with Gasteiger partial charge in [0.15, 0.2) is 0 Å². The van der Waals surface area contributed by atoms with Crippen molar-refractivity contribution in [2.24, 2.45) is 5.92 Å². The van der Waals surface area contributed by atoms with E-state index in [2.05, 4.69) is 10.6 Å². The smallest absolute Gasteiger partial charge is 0.317 e. The number of urea groups is 1. The van der Waals surface area contributed by atoms with E-state index in [9.17, 15) is 9.59 Å². The largest absolute Gasteiger partial charge is 0.355 e. The minimum Gasteiger partial charge on any atom is -0.355 e. The van der Waals surface area contributed by atoms with Gasteiger partial charge >= 0.3 is 6.03 Å². The topological polar surface area (TPSA) is 64.7 Å². The Bertz CT molecular complexity index is 504. The van der Waals surface area contributed by atoms with E-state index in [1.54, 1.807) is 16.2 Å². The van der Waals surface area contributed by atoms with Gasteiger partial charge in [-0.2, -0.15) is 0 Å². The normalized spacial score (nSPS) is 18.0. The van der Waals surface area contributed by atoms with Gasteiger partial charge in [0.2, 0.25) is 5.91 Å². The summed E-state index contributed by atoms with van der Waals surface area (Å²) < 4.78 is 0. The first-order valence-corrected chi connectivity index (χ1v) is 8.92. The predicted molar refractivity (Wildman–Crippen MR) is 92.4 cm³/mol. The lowest BCUT2D eigenvalue weighted by Gasteiger charge is -2.32. The second kappa shape index (κ2) is 8.88. The molecule has 1 unspecified atom stereocenters. The average Bonchev–Trinajstić information content (AvgIpc) is 3.05. The average molecular weight is 338 g/mol. The van der Waals surface area contributed by atoms with Crippen molar-refractivity contribution < 1.29 is 9.59 Å². The van der Waals surface area contributed by atoms with Crippen LogP contribution in [0, 0.1) is 5.92 Å². The van der Waals surface area contributed by atoms with Crippen molar-refractivity contribution in [3.05, 3.63) is 22.4 Å². The highest BCUT2D eigenvalue weighted by molar-refractivity contribution is 7.09. The molecule has 128 valence electrons. The molecule has 7 heteroatoms. The van der Waals surface area contributed by atoms with E-state index in [0.717, 1.165) is 30.8 Å². The van der Waals surface area contributed by atoms with Crippen LogP contribution in [0.3, 0.4) is 0 Å². The van der Waals surface area contributed by atoms with E-state index in [1.807, 2.05) is 36.5 Å². The molecular weight excluding hydrogens is 312 g/mol. The van der Waals surface area contributed by atoms with E-state index in [-0.39, 0.29) is 17.9 Å². The molecule has 0 aromatic carbocycles. The van der Waals surface area contributed by atoms with Gasteiger partial charge in [-0.1, -0.05) is 6.07 Å². The van der Waals surface area contributed by atoms with Crippen LogP contribution in [-0.2, 0) is 11.3 Å². The van der Waals surface area contributed by atoms with Crippen molar-refractivity contribution in [3.63, 3.8) is 0 Å². The first-order valence-electron chi connectivity index (χ1n) is 8.04. The van der Waals surface area contributed by atoms with Crippen LogP contribution < -0.4 is 10.6 Å². The summed E-state index contributed by atoms with van der Waals surface area (Å²) in [5.41, 5.74) is 0. The van der Waals surface area contributed by atoms with Crippen LogP contribution >= 0.6 is 11.3 Å². The second-order valence-electron chi connectivity index (χ2n) is 6.12. The molecular formula is C16H26N4O2S. The summed E-state index contributed by atoms with van der Waals surface area (Å²) in [6.45, 7) is 3.24. The van der Waals surface area contributed by atoms with Gasteiger partial charge < -0.3 is 20.4 Å².